The van der Waals surface area contributed by atoms with E-state index in [1.54, 1.807) is 36.5 Å². The average Bonchev–Trinajstić information content (AvgIpc) is 3.49. The first-order valence-electron chi connectivity index (χ1n) is 16.1. The molecule has 0 bridgehead atoms. The lowest BCUT2D eigenvalue weighted by Crippen LogP contribution is -2.52. The van der Waals surface area contributed by atoms with Crippen molar-refractivity contribution in [2.45, 2.75) is 60.5 Å². The summed E-state index contributed by atoms with van der Waals surface area (Å²) in [5.41, 5.74) is 1.68. The van der Waals surface area contributed by atoms with Crippen LogP contribution in [0, 0.1) is 12.7 Å². The summed E-state index contributed by atoms with van der Waals surface area (Å²) in [5.74, 6) is -1.18. The van der Waals surface area contributed by atoms with Gasteiger partial charge in [0.1, 0.15) is 27.9 Å². The number of carboxylic acids is 1. The molecule has 0 atom stereocenters. The molecule has 1 saturated carbocycles. The number of carbonyl (C=O) groups excluding carboxylic acids is 1. The zero-order chi connectivity index (χ0) is 36.7. The minimum Gasteiger partial charge on any atom is -0.477 e. The largest absolute Gasteiger partial charge is 0.477 e. The molecule has 1 aliphatic rings. The number of carboxylic acid groups (broad SMARTS) is 1. The Morgan fingerprint density at radius 2 is 1.65 bits per heavy atom. The number of carbonyl (C=O) groups is 2. The highest BCUT2D eigenvalue weighted by molar-refractivity contribution is 7.99. The Kier molecular flexibility index (Phi) is 12.8. The molecule has 3 aromatic carbocycles. The molecule has 1 aliphatic carbocycles. The Balaban J connectivity index is 0.000000248. The van der Waals surface area contributed by atoms with Gasteiger partial charge in [-0.05, 0) is 113 Å². The number of aromatic nitrogens is 2. The lowest BCUT2D eigenvalue weighted by atomic mass is 9.74. The molecular formula is C38H36Cl3FN4O4S. The maximum Gasteiger partial charge on any atom is 0.341 e. The smallest absolute Gasteiger partial charge is 0.341 e. The second-order valence-electron chi connectivity index (χ2n) is 12.4. The van der Waals surface area contributed by atoms with E-state index in [2.05, 4.69) is 34.5 Å². The number of amides is 1. The van der Waals surface area contributed by atoms with Gasteiger partial charge in [-0.15, -0.1) is 0 Å². The maximum atomic E-state index is 14.3. The number of aromatic carboxylic acids is 1. The number of pyridine rings is 1. The molecule has 2 heterocycles. The van der Waals surface area contributed by atoms with Crippen molar-refractivity contribution in [3.05, 3.63) is 128 Å². The quantitative estimate of drug-likeness (QED) is 0.153. The van der Waals surface area contributed by atoms with Gasteiger partial charge < -0.3 is 19.8 Å². The predicted molar refractivity (Wildman–Crippen MR) is 200 cm³/mol. The fourth-order valence-electron chi connectivity index (χ4n) is 6.12. The third-order valence-electron chi connectivity index (χ3n) is 9.00. The zero-order valence-electron chi connectivity index (χ0n) is 28.1. The van der Waals surface area contributed by atoms with Crippen molar-refractivity contribution < 1.29 is 23.6 Å². The van der Waals surface area contributed by atoms with Crippen molar-refractivity contribution in [1.29, 1.82) is 0 Å². The van der Waals surface area contributed by atoms with Crippen LogP contribution in [0.25, 0.3) is 11.3 Å². The Hall–Kier alpha value is -3.93. The monoisotopic (exact) mass is 768 g/mol. The van der Waals surface area contributed by atoms with Gasteiger partial charge in [-0.3, -0.25) is 4.79 Å². The van der Waals surface area contributed by atoms with Gasteiger partial charge in [0.2, 0.25) is 0 Å². The number of rotatable bonds is 9. The first-order chi connectivity index (χ1) is 24.4. The summed E-state index contributed by atoms with van der Waals surface area (Å²) < 4.78 is 19.2. The number of aryl methyl sites for hydroxylation is 1. The molecule has 51 heavy (non-hydrogen) atoms. The molecule has 2 aromatic heterocycles. The number of halogens is 4. The zero-order valence-corrected chi connectivity index (χ0v) is 31.2. The van der Waals surface area contributed by atoms with Gasteiger partial charge in [0.05, 0.1) is 15.6 Å². The molecule has 2 N–H and O–H groups in total. The SMILES string of the molecule is CN(C)C1(Cc2ccccc2F)CCC(NC(=O)c2cccnc2Sc2ccc(Cl)cc2)CC1.Cc1onc(-c2c(Cl)cccc2Cl)c1C(=O)O. The van der Waals surface area contributed by atoms with Crippen molar-refractivity contribution in [2.75, 3.05) is 14.1 Å². The van der Waals surface area contributed by atoms with E-state index < -0.39 is 5.97 Å². The van der Waals surface area contributed by atoms with Crippen LogP contribution in [-0.2, 0) is 6.42 Å². The van der Waals surface area contributed by atoms with Crippen molar-refractivity contribution in [3.8, 4) is 11.3 Å². The van der Waals surface area contributed by atoms with E-state index >= 15 is 0 Å². The van der Waals surface area contributed by atoms with Gasteiger partial charge in [-0.1, -0.05) is 76.0 Å². The lowest BCUT2D eigenvalue weighted by molar-refractivity contribution is 0.0695. The van der Waals surface area contributed by atoms with Crippen LogP contribution in [0.5, 0.6) is 0 Å². The van der Waals surface area contributed by atoms with E-state index in [0.717, 1.165) is 36.1 Å². The fraction of sp³-hybridized carbons (Fsp3) is 0.263. The Morgan fingerprint density at radius 1 is 0.980 bits per heavy atom. The molecule has 1 fully saturated rings. The predicted octanol–water partition coefficient (Wildman–Crippen LogP) is 9.90. The van der Waals surface area contributed by atoms with Gasteiger partial charge in [0.25, 0.3) is 5.91 Å². The summed E-state index contributed by atoms with van der Waals surface area (Å²) in [7, 11) is 4.13. The molecule has 0 radical (unpaired) electrons. The molecule has 266 valence electrons. The standard InChI is InChI=1S/C27H29ClFN3OS.C11H7Cl2NO3/c1-32(2)27(18-19-6-3-4-8-24(19)29)15-13-21(14-16-27)31-25(33)23-7-5-17-30-26(23)34-22-11-9-20(28)10-12-22;1-5-8(11(15)16)10(14-17-5)9-6(12)3-2-4-7(9)13/h3-12,17,21H,13-16,18H2,1-2H3,(H,31,33);2-4H,1H3,(H,15,16). The molecule has 8 nitrogen and oxygen atoms in total. The molecular weight excluding hydrogens is 734 g/mol. The van der Waals surface area contributed by atoms with Crippen LogP contribution in [0.4, 0.5) is 4.39 Å². The van der Waals surface area contributed by atoms with Crippen molar-refractivity contribution in [3.63, 3.8) is 0 Å². The van der Waals surface area contributed by atoms with Crippen LogP contribution in [0.2, 0.25) is 15.1 Å². The van der Waals surface area contributed by atoms with E-state index in [-0.39, 0.29) is 40.3 Å². The van der Waals surface area contributed by atoms with Crippen LogP contribution in [0.15, 0.2) is 99.5 Å². The van der Waals surface area contributed by atoms with Gasteiger partial charge >= 0.3 is 5.97 Å². The van der Waals surface area contributed by atoms with Crippen LogP contribution >= 0.6 is 46.6 Å². The fourth-order valence-corrected chi connectivity index (χ4v) is 7.70. The average molecular weight is 770 g/mol. The first-order valence-corrected chi connectivity index (χ1v) is 18.1. The summed E-state index contributed by atoms with van der Waals surface area (Å²) >= 11 is 19.4. The lowest BCUT2D eigenvalue weighted by Gasteiger charge is -2.45. The Morgan fingerprint density at radius 3 is 2.27 bits per heavy atom. The highest BCUT2D eigenvalue weighted by Gasteiger charge is 2.38. The van der Waals surface area contributed by atoms with Gasteiger partial charge in [-0.2, -0.15) is 0 Å². The second kappa shape index (κ2) is 17.1. The molecule has 13 heteroatoms. The van der Waals surface area contributed by atoms with Crippen LogP contribution in [0.1, 0.15) is 57.7 Å². The van der Waals surface area contributed by atoms with E-state index in [4.69, 9.17) is 44.4 Å². The molecule has 0 saturated heterocycles. The van der Waals surface area contributed by atoms with E-state index in [1.807, 2.05) is 42.5 Å². The number of hydrogen-bond acceptors (Lipinski definition) is 7. The van der Waals surface area contributed by atoms with Crippen molar-refractivity contribution >= 4 is 58.4 Å². The topological polar surface area (TPSA) is 109 Å². The Bertz CT molecular complexity index is 1980. The molecule has 5 aromatic rings. The number of benzene rings is 3. The van der Waals surface area contributed by atoms with Gasteiger partial charge in [-0.25, -0.2) is 14.2 Å². The van der Waals surface area contributed by atoms with Crippen LogP contribution in [-0.4, -0.2) is 57.7 Å². The number of hydrogen-bond donors (Lipinski definition) is 2. The molecule has 0 aliphatic heterocycles. The third kappa shape index (κ3) is 9.30. The summed E-state index contributed by atoms with van der Waals surface area (Å²) in [6, 6.07) is 23.1. The maximum absolute atomic E-state index is 14.3. The van der Waals surface area contributed by atoms with Crippen molar-refractivity contribution in [1.82, 2.24) is 20.4 Å². The number of likely N-dealkylation sites (N-methyl/N-ethyl adjacent to an activating group) is 1. The number of nitrogens with one attached hydrogen (secondary N) is 1. The minimum atomic E-state index is -1.13. The van der Waals surface area contributed by atoms with E-state index in [9.17, 15) is 14.0 Å². The van der Waals surface area contributed by atoms with E-state index in [1.165, 1.54) is 24.8 Å². The summed E-state index contributed by atoms with van der Waals surface area (Å²) in [6.07, 6.45) is 5.83. The van der Waals surface area contributed by atoms with Crippen molar-refractivity contribution in [2.24, 2.45) is 0 Å². The Labute approximate surface area is 315 Å². The summed E-state index contributed by atoms with van der Waals surface area (Å²) in [6.45, 7) is 1.52. The second-order valence-corrected chi connectivity index (χ2v) is 14.7. The highest BCUT2D eigenvalue weighted by atomic mass is 35.5. The molecule has 0 spiro atoms. The minimum absolute atomic E-state index is 0.0278. The molecule has 1 amide bonds. The van der Waals surface area contributed by atoms with Gasteiger partial charge in [0, 0.05) is 33.3 Å². The summed E-state index contributed by atoms with van der Waals surface area (Å²) in [4.78, 5) is 31.9. The molecule has 0 unspecified atom stereocenters. The third-order valence-corrected chi connectivity index (χ3v) is 10.9. The van der Waals surface area contributed by atoms with Crippen LogP contribution < -0.4 is 5.32 Å². The van der Waals surface area contributed by atoms with Gasteiger partial charge in [0.15, 0.2) is 0 Å². The molecule has 6 rings (SSSR count). The van der Waals surface area contributed by atoms with Crippen LogP contribution in [0.3, 0.4) is 0 Å². The first kappa shape index (κ1) is 38.3. The number of nitrogens with zero attached hydrogens (tertiary/aromatic N) is 3. The highest BCUT2D eigenvalue weighted by Crippen LogP contribution is 2.38. The van der Waals surface area contributed by atoms with E-state index in [0.29, 0.717) is 37.6 Å². The normalized spacial score (nSPS) is 17.1. The summed E-state index contributed by atoms with van der Waals surface area (Å²) in [5, 5.41) is 18.0.